The maximum atomic E-state index is 12.5. The van der Waals surface area contributed by atoms with Crippen LogP contribution in [0.3, 0.4) is 0 Å². The zero-order chi connectivity index (χ0) is 18.5. The van der Waals surface area contributed by atoms with Gasteiger partial charge < -0.3 is 10.1 Å². The van der Waals surface area contributed by atoms with Gasteiger partial charge in [0.2, 0.25) is 5.91 Å². The number of hydrogen-bond donors (Lipinski definition) is 1. The molecule has 140 valence electrons. The first-order valence-corrected chi connectivity index (χ1v) is 9.01. The number of non-ortho nitro benzene ring substituents is 1. The number of hydrogen-bond acceptors (Lipinski definition) is 5. The summed E-state index contributed by atoms with van der Waals surface area (Å²) >= 11 is 0. The molecule has 1 aliphatic carbocycles. The molecule has 8 nitrogen and oxygen atoms in total. The number of nitro benzene ring substituents is 1. The summed E-state index contributed by atoms with van der Waals surface area (Å²) in [5.41, 5.74) is 0.651. The van der Waals surface area contributed by atoms with Gasteiger partial charge in [-0.05, 0) is 43.4 Å². The van der Waals surface area contributed by atoms with Gasteiger partial charge in [-0.3, -0.25) is 19.8 Å². The Labute approximate surface area is 151 Å². The van der Waals surface area contributed by atoms with Crippen LogP contribution in [0.5, 0.6) is 0 Å². The van der Waals surface area contributed by atoms with Gasteiger partial charge in [0.25, 0.3) is 5.69 Å². The van der Waals surface area contributed by atoms with E-state index in [1.54, 1.807) is 12.1 Å². The molecule has 1 aromatic carbocycles. The van der Waals surface area contributed by atoms with Crippen LogP contribution >= 0.6 is 0 Å². The molecule has 1 heterocycles. The lowest BCUT2D eigenvalue weighted by Gasteiger charge is -2.24. The Bertz CT molecular complexity index is 670. The van der Waals surface area contributed by atoms with E-state index in [2.05, 4.69) is 5.32 Å². The predicted octanol–water partition coefficient (Wildman–Crippen LogP) is 2.75. The Balaban J connectivity index is 1.52. The Morgan fingerprint density at radius 1 is 1.15 bits per heavy atom. The summed E-state index contributed by atoms with van der Waals surface area (Å²) in [6.45, 7) is 0.520. The van der Waals surface area contributed by atoms with Crippen molar-refractivity contribution in [3.63, 3.8) is 0 Å². The van der Waals surface area contributed by atoms with Crippen molar-refractivity contribution in [2.45, 2.75) is 57.2 Å². The van der Waals surface area contributed by atoms with Crippen LogP contribution < -0.4 is 5.32 Å². The first kappa shape index (κ1) is 18.2. The highest BCUT2D eigenvalue weighted by Gasteiger charge is 2.36. The molecule has 0 unspecified atom stereocenters. The van der Waals surface area contributed by atoms with Crippen molar-refractivity contribution in [2.24, 2.45) is 0 Å². The van der Waals surface area contributed by atoms with Gasteiger partial charge in [0.1, 0.15) is 12.6 Å². The monoisotopic (exact) mass is 361 g/mol. The SMILES string of the molecule is O=C(NC1CCCC1)[C@H]1CCCN1C(=O)OCc1ccc([N+](=O)[O-])cc1. The summed E-state index contributed by atoms with van der Waals surface area (Å²) in [6.07, 6.45) is 5.17. The van der Waals surface area contributed by atoms with E-state index in [0.29, 0.717) is 18.5 Å². The number of likely N-dealkylation sites (tertiary alicyclic amines) is 1. The molecule has 3 rings (SSSR count). The van der Waals surface area contributed by atoms with Gasteiger partial charge in [-0.2, -0.15) is 0 Å². The van der Waals surface area contributed by atoms with Crippen molar-refractivity contribution >= 4 is 17.7 Å². The Kier molecular flexibility index (Phi) is 5.70. The summed E-state index contributed by atoms with van der Waals surface area (Å²) in [6, 6.07) is 5.61. The van der Waals surface area contributed by atoms with Gasteiger partial charge >= 0.3 is 6.09 Å². The number of amides is 2. The number of rotatable bonds is 5. The number of nitro groups is 1. The molecule has 0 spiro atoms. The molecule has 0 aromatic heterocycles. The third-order valence-corrected chi connectivity index (χ3v) is 5.00. The fourth-order valence-corrected chi connectivity index (χ4v) is 3.57. The van der Waals surface area contributed by atoms with Crippen LogP contribution in [0.25, 0.3) is 0 Å². The summed E-state index contributed by atoms with van der Waals surface area (Å²) < 4.78 is 5.30. The van der Waals surface area contributed by atoms with E-state index in [1.165, 1.54) is 17.0 Å². The highest BCUT2D eigenvalue weighted by Crippen LogP contribution is 2.22. The maximum Gasteiger partial charge on any atom is 0.410 e. The van der Waals surface area contributed by atoms with Crippen LogP contribution in [0.15, 0.2) is 24.3 Å². The molecule has 1 saturated heterocycles. The molecule has 1 saturated carbocycles. The van der Waals surface area contributed by atoms with Crippen LogP contribution in [-0.2, 0) is 16.1 Å². The molecule has 1 atom stereocenters. The Morgan fingerprint density at radius 3 is 2.50 bits per heavy atom. The Hall–Kier alpha value is -2.64. The van der Waals surface area contributed by atoms with Crippen molar-refractivity contribution in [3.05, 3.63) is 39.9 Å². The minimum Gasteiger partial charge on any atom is -0.445 e. The second-order valence-electron chi connectivity index (χ2n) is 6.82. The third-order valence-electron chi connectivity index (χ3n) is 5.00. The van der Waals surface area contributed by atoms with Crippen molar-refractivity contribution in [1.29, 1.82) is 0 Å². The van der Waals surface area contributed by atoms with E-state index in [0.717, 1.165) is 32.1 Å². The molecule has 0 bridgehead atoms. The number of carbonyl (C=O) groups is 2. The lowest BCUT2D eigenvalue weighted by Crippen LogP contribution is -2.48. The normalized spacial score (nSPS) is 20.2. The molecule has 2 aliphatic rings. The van der Waals surface area contributed by atoms with Crippen LogP contribution in [0, 0.1) is 10.1 Å². The van der Waals surface area contributed by atoms with Gasteiger partial charge in [-0.1, -0.05) is 12.8 Å². The van der Waals surface area contributed by atoms with Crippen molar-refractivity contribution < 1.29 is 19.2 Å². The van der Waals surface area contributed by atoms with E-state index >= 15 is 0 Å². The van der Waals surface area contributed by atoms with Crippen LogP contribution in [0.1, 0.15) is 44.1 Å². The van der Waals surface area contributed by atoms with Crippen LogP contribution in [0.2, 0.25) is 0 Å². The largest absolute Gasteiger partial charge is 0.445 e. The Morgan fingerprint density at radius 2 is 1.85 bits per heavy atom. The van der Waals surface area contributed by atoms with E-state index in [-0.39, 0.29) is 24.2 Å². The molecule has 1 aromatic rings. The van der Waals surface area contributed by atoms with E-state index in [9.17, 15) is 19.7 Å². The summed E-state index contributed by atoms with van der Waals surface area (Å²) in [5.74, 6) is -0.0957. The molecular formula is C18H23N3O5. The first-order valence-electron chi connectivity index (χ1n) is 9.01. The zero-order valence-corrected chi connectivity index (χ0v) is 14.6. The second kappa shape index (κ2) is 8.16. The fraction of sp³-hybridized carbons (Fsp3) is 0.556. The number of nitrogens with zero attached hydrogens (tertiary/aromatic N) is 2. The van der Waals surface area contributed by atoms with Crippen molar-refractivity contribution in [3.8, 4) is 0 Å². The van der Waals surface area contributed by atoms with Gasteiger partial charge in [0.05, 0.1) is 4.92 Å². The van der Waals surface area contributed by atoms with Gasteiger partial charge in [0, 0.05) is 24.7 Å². The number of carbonyl (C=O) groups excluding carboxylic acids is 2. The molecule has 26 heavy (non-hydrogen) atoms. The first-order chi connectivity index (χ1) is 12.5. The number of ether oxygens (including phenoxy) is 1. The summed E-state index contributed by atoms with van der Waals surface area (Å²) in [4.78, 5) is 36.5. The molecule has 1 N–H and O–H groups in total. The standard InChI is InChI=1S/C18H23N3O5/c22-17(19-14-4-1-2-5-14)16-6-3-11-20(16)18(23)26-12-13-7-9-15(10-8-13)21(24)25/h7-10,14,16H,1-6,11-12H2,(H,19,22)/t16-/m1/s1. The third kappa shape index (κ3) is 4.30. The second-order valence-corrected chi connectivity index (χ2v) is 6.82. The summed E-state index contributed by atoms with van der Waals surface area (Å²) in [5, 5.41) is 13.7. The zero-order valence-electron chi connectivity index (χ0n) is 14.6. The van der Waals surface area contributed by atoms with Crippen LogP contribution in [-0.4, -0.2) is 40.5 Å². The lowest BCUT2D eigenvalue weighted by atomic mass is 10.2. The average molecular weight is 361 g/mol. The van der Waals surface area contributed by atoms with Gasteiger partial charge in [-0.15, -0.1) is 0 Å². The molecule has 0 radical (unpaired) electrons. The molecule has 1 aliphatic heterocycles. The highest BCUT2D eigenvalue weighted by molar-refractivity contribution is 5.86. The minimum atomic E-state index is -0.521. The van der Waals surface area contributed by atoms with E-state index in [1.807, 2.05) is 0 Å². The number of benzene rings is 1. The lowest BCUT2D eigenvalue weighted by molar-refractivity contribution is -0.384. The van der Waals surface area contributed by atoms with E-state index in [4.69, 9.17) is 4.74 Å². The molecule has 2 amide bonds. The topological polar surface area (TPSA) is 102 Å². The van der Waals surface area contributed by atoms with Gasteiger partial charge in [-0.25, -0.2) is 4.79 Å². The average Bonchev–Trinajstić information content (AvgIpc) is 3.31. The predicted molar refractivity (Wildman–Crippen MR) is 93.4 cm³/mol. The van der Waals surface area contributed by atoms with Gasteiger partial charge in [0.15, 0.2) is 0 Å². The molecule has 2 fully saturated rings. The molecule has 8 heteroatoms. The maximum absolute atomic E-state index is 12.5. The quantitative estimate of drug-likeness (QED) is 0.642. The van der Waals surface area contributed by atoms with Crippen LogP contribution in [0.4, 0.5) is 10.5 Å². The van der Waals surface area contributed by atoms with Crippen molar-refractivity contribution in [2.75, 3.05) is 6.54 Å². The minimum absolute atomic E-state index is 0.0109. The highest BCUT2D eigenvalue weighted by atomic mass is 16.6. The van der Waals surface area contributed by atoms with E-state index < -0.39 is 17.1 Å². The smallest absolute Gasteiger partial charge is 0.410 e. The molecular weight excluding hydrogens is 338 g/mol. The van der Waals surface area contributed by atoms with Crippen molar-refractivity contribution in [1.82, 2.24) is 10.2 Å². The summed E-state index contributed by atoms with van der Waals surface area (Å²) in [7, 11) is 0. The number of nitrogens with one attached hydrogen (secondary N) is 1. The fourth-order valence-electron chi connectivity index (χ4n) is 3.57.